The second kappa shape index (κ2) is 9.52. The van der Waals surface area contributed by atoms with Crippen molar-refractivity contribution >= 4 is 12.4 Å². The summed E-state index contributed by atoms with van der Waals surface area (Å²) in [5.74, 6) is 1.51. The molecule has 0 saturated carbocycles. The fraction of sp³-hybridized carbons (Fsp3) is 0.368. The smallest absolute Gasteiger partial charge is 0.162 e. The zero-order valence-corrected chi connectivity index (χ0v) is 14.6. The third kappa shape index (κ3) is 4.63. The fourth-order valence-electron chi connectivity index (χ4n) is 2.74. The molecule has 1 N–H and O–H groups in total. The van der Waals surface area contributed by atoms with Gasteiger partial charge in [-0.1, -0.05) is 42.5 Å². The molecule has 1 aliphatic heterocycles. The Morgan fingerprint density at radius 2 is 1.79 bits per heavy atom. The maximum absolute atomic E-state index is 6.33. The molecule has 24 heavy (non-hydrogen) atoms. The molecule has 5 heteroatoms. The van der Waals surface area contributed by atoms with Crippen molar-refractivity contribution in [2.24, 2.45) is 0 Å². The minimum absolute atomic E-state index is 0. The average molecular weight is 350 g/mol. The first-order valence-corrected chi connectivity index (χ1v) is 8.14. The molecule has 0 spiro atoms. The first-order chi connectivity index (χ1) is 11.4. The Kier molecular flexibility index (Phi) is 7.37. The van der Waals surface area contributed by atoms with Crippen molar-refractivity contribution in [3.05, 3.63) is 60.2 Å². The van der Waals surface area contributed by atoms with Gasteiger partial charge in [-0.25, -0.2) is 0 Å². The van der Waals surface area contributed by atoms with Gasteiger partial charge in [-0.15, -0.1) is 12.4 Å². The lowest BCUT2D eigenvalue weighted by atomic mass is 10.0. The van der Waals surface area contributed by atoms with E-state index in [0.29, 0.717) is 13.2 Å². The van der Waals surface area contributed by atoms with Gasteiger partial charge in [-0.2, -0.15) is 0 Å². The summed E-state index contributed by atoms with van der Waals surface area (Å²) in [6.07, 6.45) is -0.202. The van der Waals surface area contributed by atoms with Crippen molar-refractivity contribution in [2.45, 2.75) is 19.1 Å². The van der Waals surface area contributed by atoms with Crippen molar-refractivity contribution in [3.63, 3.8) is 0 Å². The van der Waals surface area contributed by atoms with Gasteiger partial charge in [0.1, 0.15) is 6.10 Å². The molecule has 1 fully saturated rings. The van der Waals surface area contributed by atoms with Crippen LogP contribution in [0.5, 0.6) is 11.5 Å². The molecule has 1 aliphatic rings. The molecule has 130 valence electrons. The van der Waals surface area contributed by atoms with E-state index in [2.05, 4.69) is 17.4 Å². The molecule has 0 aromatic heterocycles. The van der Waals surface area contributed by atoms with Crippen LogP contribution in [-0.2, 0) is 4.74 Å². The van der Waals surface area contributed by atoms with Crippen molar-refractivity contribution in [2.75, 3.05) is 26.3 Å². The Bertz CT molecular complexity index is 603. The number of para-hydroxylation sites is 2. The van der Waals surface area contributed by atoms with Gasteiger partial charge >= 0.3 is 0 Å². The Balaban J connectivity index is 0.00000208. The van der Waals surface area contributed by atoms with Crippen molar-refractivity contribution in [3.8, 4) is 11.5 Å². The fourth-order valence-corrected chi connectivity index (χ4v) is 2.74. The maximum atomic E-state index is 6.33. The highest BCUT2D eigenvalue weighted by molar-refractivity contribution is 5.85. The molecule has 2 unspecified atom stereocenters. The van der Waals surface area contributed by atoms with Gasteiger partial charge in [0.2, 0.25) is 0 Å². The van der Waals surface area contributed by atoms with Gasteiger partial charge in [0.25, 0.3) is 0 Å². The topological polar surface area (TPSA) is 39.7 Å². The first kappa shape index (κ1) is 18.6. The maximum Gasteiger partial charge on any atom is 0.162 e. The van der Waals surface area contributed by atoms with Gasteiger partial charge in [-0.05, 0) is 24.6 Å². The van der Waals surface area contributed by atoms with Crippen LogP contribution in [0.15, 0.2) is 54.6 Å². The van der Waals surface area contributed by atoms with Crippen LogP contribution in [0.4, 0.5) is 0 Å². The summed E-state index contributed by atoms with van der Waals surface area (Å²) in [5, 5.41) is 3.37. The minimum atomic E-state index is -0.175. The zero-order chi connectivity index (χ0) is 15.9. The standard InChI is InChI=1S/C19H23NO3.ClH/c1-2-21-16-10-6-7-11-17(16)23-19(15-8-4-3-5-9-15)18-14-20-12-13-22-18;/h3-11,18-20H,2,12-14H2,1H3;1H. The van der Waals surface area contributed by atoms with Crippen LogP contribution in [0.2, 0.25) is 0 Å². The van der Waals surface area contributed by atoms with Crippen LogP contribution in [0.1, 0.15) is 18.6 Å². The van der Waals surface area contributed by atoms with E-state index in [1.54, 1.807) is 0 Å². The van der Waals surface area contributed by atoms with Crippen LogP contribution in [-0.4, -0.2) is 32.4 Å². The second-order valence-electron chi connectivity index (χ2n) is 5.44. The Labute approximate surface area is 149 Å². The van der Waals surface area contributed by atoms with E-state index in [0.717, 1.165) is 30.2 Å². The monoisotopic (exact) mass is 349 g/mol. The molecule has 0 aliphatic carbocycles. The molecule has 1 saturated heterocycles. The van der Waals surface area contributed by atoms with Crippen molar-refractivity contribution in [1.29, 1.82) is 0 Å². The van der Waals surface area contributed by atoms with Crippen LogP contribution < -0.4 is 14.8 Å². The summed E-state index contributed by atoms with van der Waals surface area (Å²) in [7, 11) is 0. The quantitative estimate of drug-likeness (QED) is 0.864. The zero-order valence-electron chi connectivity index (χ0n) is 13.8. The van der Waals surface area contributed by atoms with Gasteiger partial charge < -0.3 is 19.5 Å². The lowest BCUT2D eigenvalue weighted by molar-refractivity contribution is -0.0439. The van der Waals surface area contributed by atoms with Crippen LogP contribution in [0.3, 0.4) is 0 Å². The third-order valence-corrected chi connectivity index (χ3v) is 3.83. The highest BCUT2D eigenvalue weighted by Crippen LogP contribution is 2.33. The molecule has 0 bridgehead atoms. The molecule has 2 aromatic carbocycles. The van der Waals surface area contributed by atoms with E-state index in [9.17, 15) is 0 Å². The molecule has 1 heterocycles. The molecule has 2 aromatic rings. The summed E-state index contributed by atoms with van der Waals surface area (Å²) in [4.78, 5) is 0. The lowest BCUT2D eigenvalue weighted by Gasteiger charge is -2.32. The van der Waals surface area contributed by atoms with Crippen LogP contribution >= 0.6 is 12.4 Å². The number of hydrogen-bond donors (Lipinski definition) is 1. The largest absolute Gasteiger partial charge is 0.490 e. The van der Waals surface area contributed by atoms with E-state index in [4.69, 9.17) is 14.2 Å². The van der Waals surface area contributed by atoms with E-state index < -0.39 is 0 Å². The van der Waals surface area contributed by atoms with Gasteiger partial charge in [-0.3, -0.25) is 0 Å². The van der Waals surface area contributed by atoms with Crippen LogP contribution in [0.25, 0.3) is 0 Å². The second-order valence-corrected chi connectivity index (χ2v) is 5.44. The van der Waals surface area contributed by atoms with E-state index in [-0.39, 0.29) is 24.6 Å². The SMILES string of the molecule is CCOc1ccccc1OC(c1ccccc1)C1CNCCO1.Cl. The summed E-state index contributed by atoms with van der Waals surface area (Å²) < 4.78 is 18.0. The molecule has 0 amide bonds. The van der Waals surface area contributed by atoms with Crippen LogP contribution in [0, 0.1) is 0 Å². The summed E-state index contributed by atoms with van der Waals surface area (Å²) in [6, 6.07) is 18.0. The third-order valence-electron chi connectivity index (χ3n) is 3.83. The molecule has 3 rings (SSSR count). The molecular formula is C19H24ClNO3. The van der Waals surface area contributed by atoms with Gasteiger partial charge in [0.05, 0.1) is 13.2 Å². The normalized spacial score (nSPS) is 18.3. The predicted octanol–water partition coefficient (Wildman–Crippen LogP) is 3.62. The summed E-state index contributed by atoms with van der Waals surface area (Å²) >= 11 is 0. The number of halogens is 1. The summed E-state index contributed by atoms with van der Waals surface area (Å²) in [6.45, 7) is 4.94. The summed E-state index contributed by atoms with van der Waals surface area (Å²) in [5.41, 5.74) is 1.10. The van der Waals surface area contributed by atoms with E-state index >= 15 is 0 Å². The number of rotatable bonds is 6. The van der Waals surface area contributed by atoms with Crippen molar-refractivity contribution in [1.82, 2.24) is 5.32 Å². The number of benzene rings is 2. The molecule has 0 radical (unpaired) electrons. The Morgan fingerprint density at radius 3 is 2.46 bits per heavy atom. The van der Waals surface area contributed by atoms with Gasteiger partial charge in [0.15, 0.2) is 17.6 Å². The van der Waals surface area contributed by atoms with E-state index in [1.807, 2.05) is 49.4 Å². The average Bonchev–Trinajstić information content (AvgIpc) is 2.63. The molecule has 4 nitrogen and oxygen atoms in total. The van der Waals surface area contributed by atoms with Crippen molar-refractivity contribution < 1.29 is 14.2 Å². The number of ether oxygens (including phenoxy) is 3. The van der Waals surface area contributed by atoms with Gasteiger partial charge in [0, 0.05) is 13.1 Å². The highest BCUT2D eigenvalue weighted by Gasteiger charge is 2.28. The minimum Gasteiger partial charge on any atom is -0.490 e. The first-order valence-electron chi connectivity index (χ1n) is 8.14. The number of hydrogen-bond acceptors (Lipinski definition) is 4. The predicted molar refractivity (Wildman–Crippen MR) is 97.3 cm³/mol. The van der Waals surface area contributed by atoms with E-state index in [1.165, 1.54) is 0 Å². The number of morpholine rings is 1. The molecular weight excluding hydrogens is 326 g/mol. The lowest BCUT2D eigenvalue weighted by Crippen LogP contribution is -2.43. The number of nitrogens with one attached hydrogen (secondary N) is 1. The Morgan fingerprint density at radius 1 is 1.08 bits per heavy atom. The Hall–Kier alpha value is -1.75. The highest BCUT2D eigenvalue weighted by atomic mass is 35.5. The molecule has 2 atom stereocenters.